The monoisotopic (exact) mass is 584 g/mol. The van der Waals surface area contributed by atoms with E-state index in [0.717, 1.165) is 56.9 Å². The molecule has 4 fully saturated rings. The lowest BCUT2D eigenvalue weighted by atomic mass is 9.33. The van der Waals surface area contributed by atoms with Gasteiger partial charge in [0.25, 0.3) is 0 Å². The van der Waals surface area contributed by atoms with Crippen molar-refractivity contribution in [2.45, 2.75) is 99.8 Å². The fourth-order valence-corrected chi connectivity index (χ4v) is 11.8. The highest BCUT2D eigenvalue weighted by Crippen LogP contribution is 2.76. The molecule has 0 aliphatic heterocycles. The van der Waals surface area contributed by atoms with E-state index in [1.54, 1.807) is 35.4 Å². The largest absolute Gasteiger partial charge is 0.295 e. The predicted octanol–water partition coefficient (Wildman–Crippen LogP) is 6.89. The molecule has 0 unspecified atom stereocenters. The second-order valence-corrected chi connectivity index (χ2v) is 16.3. The number of carbonyl (C=O) groups is 2. The number of ketones is 1. The summed E-state index contributed by atoms with van der Waals surface area (Å²) in [7, 11) is 0. The maximum absolute atomic E-state index is 14.3. The maximum Gasteiger partial charge on any atom is 0.239 e. The Labute approximate surface area is 255 Å². The molecule has 2 aromatic rings. The highest BCUT2D eigenvalue weighted by atomic mass is 16.2. The molecule has 8 heteroatoms. The molecule has 0 aromatic carbocycles. The van der Waals surface area contributed by atoms with E-state index in [4.69, 9.17) is 0 Å². The summed E-state index contributed by atoms with van der Waals surface area (Å²) in [5.74, 6) is 2.45. The van der Waals surface area contributed by atoms with Crippen molar-refractivity contribution >= 4 is 17.9 Å². The average Bonchev–Trinajstić information content (AvgIpc) is 3.69. The van der Waals surface area contributed by atoms with Crippen LogP contribution in [0.3, 0.4) is 0 Å². The molecule has 7 rings (SSSR count). The van der Waals surface area contributed by atoms with Crippen molar-refractivity contribution in [2.24, 2.45) is 56.7 Å². The Bertz CT molecular complexity index is 1510. The van der Waals surface area contributed by atoms with E-state index in [-0.39, 0.29) is 33.9 Å². The normalized spacial score (nSPS) is 44.5. The number of rotatable bonds is 2. The summed E-state index contributed by atoms with van der Waals surface area (Å²) in [6, 6.07) is 0. The summed E-state index contributed by atoms with van der Waals surface area (Å²) < 4.78 is 3.48. The summed E-state index contributed by atoms with van der Waals surface area (Å²) in [5.41, 5.74) is 1.66. The minimum Gasteiger partial charge on any atom is -0.295 e. The standard InChI is InChI=1S/C35H48N6O2/c1-22-10-13-35(30(43)41-20-38-39-21-41)15-14-33(6)25(28(35)23(22)2)8-9-27-32(5)16-24(17-40-18-36-37-19-40)29(42)31(3,4)26(32)11-12-34(27,33)7/h8,17-23,26-28H,9-16H2,1-7H3/b24-17-/t22-,23+,26+,27-,28+,32+,33-,34-,35+/m1/s1. The molecular weight excluding hydrogens is 536 g/mol. The second-order valence-electron chi connectivity index (χ2n) is 16.3. The number of nitrogens with zero attached hydrogens (tertiary/aromatic N) is 6. The number of fused-ring (bicyclic) bond motifs is 7. The van der Waals surface area contributed by atoms with Crippen LogP contribution in [0.2, 0.25) is 0 Å². The summed E-state index contributed by atoms with van der Waals surface area (Å²) in [6.45, 7) is 16.8. The highest BCUT2D eigenvalue weighted by Gasteiger charge is 2.70. The number of allylic oxidation sites excluding steroid dienone is 3. The minimum absolute atomic E-state index is 0.000591. The predicted molar refractivity (Wildman–Crippen MR) is 164 cm³/mol. The van der Waals surface area contributed by atoms with E-state index >= 15 is 0 Å². The van der Waals surface area contributed by atoms with Crippen molar-refractivity contribution < 1.29 is 9.59 Å². The van der Waals surface area contributed by atoms with Gasteiger partial charge >= 0.3 is 0 Å². The molecule has 8 nitrogen and oxygen atoms in total. The van der Waals surface area contributed by atoms with E-state index in [2.05, 4.69) is 74.9 Å². The number of hydrogen-bond donors (Lipinski definition) is 0. The van der Waals surface area contributed by atoms with Crippen LogP contribution in [0.15, 0.2) is 42.5 Å². The minimum atomic E-state index is -0.431. The van der Waals surface area contributed by atoms with Gasteiger partial charge in [0, 0.05) is 17.2 Å². The fraction of sp³-hybridized carbons (Fsp3) is 0.714. The lowest BCUT2D eigenvalue weighted by molar-refractivity contribution is -0.176. The first-order valence-corrected chi connectivity index (χ1v) is 16.5. The van der Waals surface area contributed by atoms with Gasteiger partial charge in [-0.05, 0) is 97.2 Å². The zero-order chi connectivity index (χ0) is 30.6. The van der Waals surface area contributed by atoms with Gasteiger partial charge in [-0.15, -0.1) is 20.4 Å². The van der Waals surface area contributed by atoms with Crippen LogP contribution >= 0.6 is 0 Å². The molecule has 5 aliphatic carbocycles. The Kier molecular flexibility index (Phi) is 6.24. The van der Waals surface area contributed by atoms with Crippen molar-refractivity contribution in [3.63, 3.8) is 0 Å². The Morgan fingerprint density at radius 3 is 2.26 bits per heavy atom. The molecule has 0 spiro atoms. The van der Waals surface area contributed by atoms with Crippen LogP contribution in [-0.2, 0) is 4.79 Å². The molecule has 0 saturated heterocycles. The fourth-order valence-electron chi connectivity index (χ4n) is 11.8. The maximum atomic E-state index is 14.3. The lowest BCUT2D eigenvalue weighted by Gasteiger charge is -2.71. The van der Waals surface area contributed by atoms with Gasteiger partial charge in [-0.2, -0.15) is 0 Å². The van der Waals surface area contributed by atoms with Crippen molar-refractivity contribution in [3.05, 3.63) is 42.5 Å². The lowest BCUT2D eigenvalue weighted by Crippen LogP contribution is -2.65. The number of aromatic nitrogens is 6. The number of Topliss-reactive ketones (excluding diaryl/α,β-unsaturated/α-hetero) is 1. The van der Waals surface area contributed by atoms with Gasteiger partial charge in [-0.25, -0.2) is 0 Å². The molecular formula is C35H48N6O2. The van der Waals surface area contributed by atoms with Gasteiger partial charge in [-0.1, -0.05) is 60.1 Å². The quantitative estimate of drug-likeness (QED) is 0.282. The summed E-state index contributed by atoms with van der Waals surface area (Å²) in [4.78, 5) is 28.3. The van der Waals surface area contributed by atoms with E-state index in [0.29, 0.717) is 23.7 Å². The van der Waals surface area contributed by atoms with Crippen molar-refractivity contribution in [3.8, 4) is 0 Å². The Balaban J connectivity index is 1.33. The van der Waals surface area contributed by atoms with Crippen LogP contribution in [0.5, 0.6) is 0 Å². The third kappa shape index (κ3) is 3.67. The highest BCUT2D eigenvalue weighted by molar-refractivity contribution is 6.03. The van der Waals surface area contributed by atoms with Gasteiger partial charge in [0.15, 0.2) is 5.78 Å². The van der Waals surface area contributed by atoms with Crippen LogP contribution < -0.4 is 0 Å². The zero-order valence-electron chi connectivity index (χ0n) is 27.0. The summed E-state index contributed by atoms with van der Waals surface area (Å²) in [6.07, 6.45) is 19.0. The van der Waals surface area contributed by atoms with Crippen molar-refractivity contribution in [1.82, 2.24) is 29.5 Å². The van der Waals surface area contributed by atoms with Crippen LogP contribution in [-0.4, -0.2) is 41.2 Å². The molecule has 0 radical (unpaired) electrons. The molecule has 0 amide bonds. The van der Waals surface area contributed by atoms with E-state index in [1.807, 2.05) is 10.8 Å². The smallest absolute Gasteiger partial charge is 0.239 e. The van der Waals surface area contributed by atoms with Crippen molar-refractivity contribution in [2.75, 3.05) is 0 Å². The topological polar surface area (TPSA) is 95.6 Å². The van der Waals surface area contributed by atoms with Crippen molar-refractivity contribution in [1.29, 1.82) is 0 Å². The molecule has 4 saturated carbocycles. The van der Waals surface area contributed by atoms with Crippen LogP contribution in [0.1, 0.15) is 105 Å². The van der Waals surface area contributed by atoms with E-state index in [1.165, 1.54) is 0 Å². The first-order valence-electron chi connectivity index (χ1n) is 16.5. The molecule has 230 valence electrons. The van der Waals surface area contributed by atoms with Gasteiger partial charge < -0.3 is 0 Å². The third-order valence-electron chi connectivity index (χ3n) is 14.4. The SMILES string of the molecule is C[C@H]1[C@H](C)CC[C@]2(C(=O)n3cnnc3)CC[C@]3(C)C(=CC[C@@H]4[C@@]5(C)C/C(=C/n6cnnc6)C(=O)C(C)(C)[C@@H]5CC[C@]43C)[C@H]12. The second kappa shape index (κ2) is 9.31. The third-order valence-corrected chi connectivity index (χ3v) is 14.4. The Morgan fingerprint density at radius 2 is 1.56 bits per heavy atom. The van der Waals surface area contributed by atoms with Crippen LogP contribution in [0, 0.1) is 56.7 Å². The first-order chi connectivity index (χ1) is 20.3. The number of hydrogen-bond acceptors (Lipinski definition) is 6. The van der Waals surface area contributed by atoms with Gasteiger partial charge in [0.05, 0.1) is 5.41 Å². The first kappa shape index (κ1) is 28.8. The number of carbonyl (C=O) groups excluding carboxylic acids is 2. The zero-order valence-corrected chi connectivity index (χ0v) is 27.0. The molecule has 2 heterocycles. The van der Waals surface area contributed by atoms with Gasteiger partial charge in [0.2, 0.25) is 5.91 Å². The van der Waals surface area contributed by atoms with E-state index in [9.17, 15) is 9.59 Å². The molecule has 9 atom stereocenters. The van der Waals surface area contributed by atoms with Crippen LogP contribution in [0.25, 0.3) is 6.20 Å². The molecule has 0 N–H and O–H groups in total. The molecule has 0 bridgehead atoms. The summed E-state index contributed by atoms with van der Waals surface area (Å²) in [5, 5.41) is 15.9. The molecule has 2 aromatic heterocycles. The van der Waals surface area contributed by atoms with Gasteiger partial charge in [-0.3, -0.25) is 18.7 Å². The van der Waals surface area contributed by atoms with Gasteiger partial charge in [0.1, 0.15) is 25.3 Å². The Hall–Kier alpha value is -2.90. The van der Waals surface area contributed by atoms with E-state index < -0.39 is 10.8 Å². The molecule has 43 heavy (non-hydrogen) atoms. The summed E-state index contributed by atoms with van der Waals surface area (Å²) >= 11 is 0. The Morgan fingerprint density at radius 1 is 0.884 bits per heavy atom. The average molecular weight is 585 g/mol. The molecule has 5 aliphatic rings. The van der Waals surface area contributed by atoms with Crippen LogP contribution in [0.4, 0.5) is 0 Å².